The van der Waals surface area contributed by atoms with Gasteiger partial charge in [0, 0.05) is 0 Å². The Labute approximate surface area is 80.8 Å². The Morgan fingerprint density at radius 1 is 1.38 bits per heavy atom. The molecule has 1 nitrogen and oxygen atoms in total. The molecule has 1 heteroatoms. The molecule has 0 radical (unpaired) electrons. The Hall–Kier alpha value is -0.300. The maximum atomic E-state index is 9.52. The zero-order valence-electron chi connectivity index (χ0n) is 8.28. The monoisotopic (exact) mass is 180 g/mol. The van der Waals surface area contributed by atoms with Crippen molar-refractivity contribution < 1.29 is 5.11 Å². The highest BCUT2D eigenvalue weighted by atomic mass is 16.3. The zero-order chi connectivity index (χ0) is 9.26. The highest BCUT2D eigenvalue weighted by molar-refractivity contribution is 4.98. The quantitative estimate of drug-likeness (QED) is 0.659. The summed E-state index contributed by atoms with van der Waals surface area (Å²) in [5.41, 5.74) is 0. The van der Waals surface area contributed by atoms with Crippen LogP contribution in [-0.2, 0) is 0 Å². The number of aliphatic hydroxyl groups is 1. The van der Waals surface area contributed by atoms with E-state index in [9.17, 15) is 5.11 Å². The van der Waals surface area contributed by atoms with Gasteiger partial charge in [0.05, 0.1) is 6.10 Å². The summed E-state index contributed by atoms with van der Waals surface area (Å²) in [6.07, 6.45) is 9.82. The van der Waals surface area contributed by atoms with Crippen LogP contribution < -0.4 is 0 Å². The molecule has 0 bridgehead atoms. The van der Waals surface area contributed by atoms with Crippen LogP contribution in [0.2, 0.25) is 0 Å². The van der Waals surface area contributed by atoms with Crippen LogP contribution in [0.25, 0.3) is 0 Å². The summed E-state index contributed by atoms with van der Waals surface area (Å²) in [6.45, 7) is 3.64. The molecule has 0 saturated heterocycles. The molecular weight excluding hydrogens is 160 g/mol. The molecule has 0 amide bonds. The van der Waals surface area contributed by atoms with Gasteiger partial charge in [0.1, 0.15) is 0 Å². The van der Waals surface area contributed by atoms with Crippen molar-refractivity contribution in [2.45, 2.75) is 44.6 Å². The molecule has 2 aliphatic carbocycles. The zero-order valence-corrected chi connectivity index (χ0v) is 8.28. The fraction of sp³-hybridized carbons (Fsp3) is 0.833. The molecule has 2 fully saturated rings. The molecule has 2 saturated carbocycles. The second-order valence-corrected chi connectivity index (χ2v) is 4.77. The van der Waals surface area contributed by atoms with Crippen molar-refractivity contribution in [3.63, 3.8) is 0 Å². The van der Waals surface area contributed by atoms with Gasteiger partial charge in [-0.15, -0.1) is 6.58 Å². The number of rotatable bonds is 4. The van der Waals surface area contributed by atoms with Gasteiger partial charge in [0.2, 0.25) is 0 Å². The van der Waals surface area contributed by atoms with Crippen molar-refractivity contribution in [3.05, 3.63) is 12.7 Å². The molecule has 0 aromatic rings. The molecule has 2 aliphatic rings. The molecule has 3 unspecified atom stereocenters. The van der Waals surface area contributed by atoms with E-state index in [-0.39, 0.29) is 6.10 Å². The minimum atomic E-state index is -0.230. The molecule has 0 aromatic heterocycles. The van der Waals surface area contributed by atoms with Crippen LogP contribution in [0, 0.1) is 17.8 Å². The predicted octanol–water partition coefficient (Wildman–Crippen LogP) is 2.75. The van der Waals surface area contributed by atoms with Gasteiger partial charge < -0.3 is 5.11 Å². The van der Waals surface area contributed by atoms with Gasteiger partial charge in [-0.05, 0) is 30.6 Å². The van der Waals surface area contributed by atoms with E-state index in [2.05, 4.69) is 6.58 Å². The summed E-state index contributed by atoms with van der Waals surface area (Å²) in [5.74, 6) is 2.35. The number of aliphatic hydroxyl groups excluding tert-OH is 1. The Kier molecular flexibility index (Phi) is 2.73. The average Bonchev–Trinajstić information content (AvgIpc) is 2.69. The van der Waals surface area contributed by atoms with Gasteiger partial charge >= 0.3 is 0 Å². The summed E-state index contributed by atoms with van der Waals surface area (Å²) >= 11 is 0. The SMILES string of the molecule is C=CC(O)C1CC1CC1CCCC1. The first-order valence-electron chi connectivity index (χ1n) is 5.62. The third kappa shape index (κ3) is 2.14. The van der Waals surface area contributed by atoms with Crippen LogP contribution in [0.1, 0.15) is 38.5 Å². The van der Waals surface area contributed by atoms with Gasteiger partial charge in [-0.25, -0.2) is 0 Å². The normalized spacial score (nSPS) is 36.1. The molecule has 0 heterocycles. The van der Waals surface area contributed by atoms with Crippen LogP contribution in [0.3, 0.4) is 0 Å². The summed E-state index contributed by atoms with van der Waals surface area (Å²) < 4.78 is 0. The Morgan fingerprint density at radius 2 is 2.08 bits per heavy atom. The van der Waals surface area contributed by atoms with Crippen LogP contribution in [-0.4, -0.2) is 11.2 Å². The number of hydrogen-bond donors (Lipinski definition) is 1. The van der Waals surface area contributed by atoms with Gasteiger partial charge in [-0.2, -0.15) is 0 Å². The topological polar surface area (TPSA) is 20.2 Å². The lowest BCUT2D eigenvalue weighted by molar-refractivity contribution is 0.189. The fourth-order valence-corrected chi connectivity index (χ4v) is 2.81. The second-order valence-electron chi connectivity index (χ2n) is 4.77. The van der Waals surface area contributed by atoms with E-state index in [1.165, 1.54) is 38.5 Å². The van der Waals surface area contributed by atoms with E-state index >= 15 is 0 Å². The molecule has 13 heavy (non-hydrogen) atoms. The largest absolute Gasteiger partial charge is 0.389 e. The van der Waals surface area contributed by atoms with Gasteiger partial charge in [-0.3, -0.25) is 0 Å². The molecule has 2 rings (SSSR count). The molecule has 0 spiro atoms. The third-order valence-corrected chi connectivity index (χ3v) is 3.77. The van der Waals surface area contributed by atoms with Crippen LogP contribution >= 0.6 is 0 Å². The van der Waals surface area contributed by atoms with Gasteiger partial charge in [0.15, 0.2) is 0 Å². The first kappa shape index (κ1) is 9.26. The molecule has 3 atom stereocenters. The van der Waals surface area contributed by atoms with Crippen molar-refractivity contribution in [3.8, 4) is 0 Å². The minimum Gasteiger partial charge on any atom is -0.389 e. The van der Waals surface area contributed by atoms with Crippen molar-refractivity contribution >= 4 is 0 Å². The fourth-order valence-electron chi connectivity index (χ4n) is 2.81. The van der Waals surface area contributed by atoms with Crippen molar-refractivity contribution in [1.82, 2.24) is 0 Å². The average molecular weight is 180 g/mol. The van der Waals surface area contributed by atoms with Crippen molar-refractivity contribution in [1.29, 1.82) is 0 Å². The summed E-state index contributed by atoms with van der Waals surface area (Å²) in [7, 11) is 0. The van der Waals surface area contributed by atoms with E-state index in [1.54, 1.807) is 6.08 Å². The lowest BCUT2D eigenvalue weighted by Gasteiger charge is -2.08. The smallest absolute Gasteiger partial charge is 0.0749 e. The van der Waals surface area contributed by atoms with Gasteiger partial charge in [-0.1, -0.05) is 31.8 Å². The molecular formula is C12H20O. The van der Waals surface area contributed by atoms with E-state index in [0.29, 0.717) is 5.92 Å². The van der Waals surface area contributed by atoms with E-state index in [4.69, 9.17) is 0 Å². The van der Waals surface area contributed by atoms with E-state index < -0.39 is 0 Å². The van der Waals surface area contributed by atoms with E-state index in [0.717, 1.165) is 11.8 Å². The highest BCUT2D eigenvalue weighted by Crippen LogP contribution is 2.48. The van der Waals surface area contributed by atoms with Crippen LogP contribution in [0.4, 0.5) is 0 Å². The second kappa shape index (κ2) is 3.83. The summed E-state index contributed by atoms with van der Waals surface area (Å²) in [6, 6.07) is 0. The van der Waals surface area contributed by atoms with E-state index in [1.807, 2.05) is 0 Å². The van der Waals surface area contributed by atoms with Crippen molar-refractivity contribution in [2.75, 3.05) is 0 Å². The minimum absolute atomic E-state index is 0.230. The Balaban J connectivity index is 1.70. The third-order valence-electron chi connectivity index (χ3n) is 3.77. The molecule has 0 aromatic carbocycles. The maximum absolute atomic E-state index is 9.52. The first-order valence-corrected chi connectivity index (χ1v) is 5.62. The summed E-state index contributed by atoms with van der Waals surface area (Å²) in [4.78, 5) is 0. The maximum Gasteiger partial charge on any atom is 0.0749 e. The Bertz CT molecular complexity index is 182. The van der Waals surface area contributed by atoms with Crippen LogP contribution in [0.5, 0.6) is 0 Å². The lowest BCUT2D eigenvalue weighted by Crippen LogP contribution is -2.07. The lowest BCUT2D eigenvalue weighted by atomic mass is 9.99. The Morgan fingerprint density at radius 3 is 2.69 bits per heavy atom. The number of hydrogen-bond acceptors (Lipinski definition) is 1. The van der Waals surface area contributed by atoms with Gasteiger partial charge in [0.25, 0.3) is 0 Å². The molecule has 74 valence electrons. The highest BCUT2D eigenvalue weighted by Gasteiger charge is 2.42. The first-order chi connectivity index (χ1) is 6.31. The standard InChI is InChI=1S/C12H20O/c1-2-12(13)11-8-10(11)7-9-5-3-4-6-9/h2,9-13H,1,3-8H2. The molecule has 0 aliphatic heterocycles. The predicted molar refractivity (Wildman–Crippen MR) is 54.4 cm³/mol. The molecule has 1 N–H and O–H groups in total. The van der Waals surface area contributed by atoms with Crippen molar-refractivity contribution in [2.24, 2.45) is 17.8 Å². The van der Waals surface area contributed by atoms with Crippen LogP contribution in [0.15, 0.2) is 12.7 Å². The summed E-state index contributed by atoms with van der Waals surface area (Å²) in [5, 5.41) is 9.52.